The summed E-state index contributed by atoms with van der Waals surface area (Å²) < 4.78 is 5.21. The Balaban J connectivity index is 1.27. The molecule has 0 aromatic carbocycles. The van der Waals surface area contributed by atoms with Gasteiger partial charge in [-0.25, -0.2) is 4.79 Å². The maximum Gasteiger partial charge on any atom is 0.339 e. The summed E-state index contributed by atoms with van der Waals surface area (Å²) in [6.07, 6.45) is 8.03. The van der Waals surface area contributed by atoms with Crippen molar-refractivity contribution in [3.8, 4) is 0 Å². The predicted molar refractivity (Wildman–Crippen MR) is 97.7 cm³/mol. The van der Waals surface area contributed by atoms with Crippen LogP contribution in [0.3, 0.4) is 0 Å². The van der Waals surface area contributed by atoms with Gasteiger partial charge in [-0.1, -0.05) is 0 Å². The molecule has 1 N–H and O–H groups in total. The van der Waals surface area contributed by atoms with E-state index in [-0.39, 0.29) is 12.5 Å². The van der Waals surface area contributed by atoms with Crippen molar-refractivity contribution in [1.29, 1.82) is 0 Å². The molecule has 4 fully saturated rings. The minimum absolute atomic E-state index is 0.172. The molecule has 1 amide bonds. The molecule has 4 saturated carbocycles. The second kappa shape index (κ2) is 6.42. The second-order valence-corrected chi connectivity index (χ2v) is 10.1. The van der Waals surface area contributed by atoms with Crippen LogP contribution in [0.2, 0.25) is 0 Å². The molecule has 4 aliphatic rings. The number of carbonyl (C=O) groups excluding carboxylic acids is 2. The number of ether oxygens (including phenoxy) is 1. The zero-order valence-corrected chi connectivity index (χ0v) is 15.9. The van der Waals surface area contributed by atoms with E-state index in [9.17, 15) is 9.59 Å². The SMILES string of the molecule is Cc1cc(C(=O)OCC(=O)NCC23CC4CC(CC(C4)C2)C3)c(C)s1. The molecule has 0 radical (unpaired) electrons. The van der Waals surface area contributed by atoms with Crippen LogP contribution in [0.15, 0.2) is 6.07 Å². The molecule has 1 aromatic heterocycles. The van der Waals surface area contributed by atoms with Crippen LogP contribution in [0.4, 0.5) is 0 Å². The summed E-state index contributed by atoms with van der Waals surface area (Å²) in [6.45, 7) is 4.44. The number of rotatable bonds is 5. The molecule has 0 aliphatic heterocycles. The molecule has 5 rings (SSSR count). The number of esters is 1. The number of hydrogen-bond donors (Lipinski definition) is 1. The lowest BCUT2D eigenvalue weighted by Gasteiger charge is -2.56. The standard InChI is InChI=1S/C20H27NO3S/c1-12-3-17(13(2)25-12)19(23)24-10-18(22)21-11-20-7-14-4-15(8-20)6-16(5-14)9-20/h3,14-16H,4-11H2,1-2H3,(H,21,22). The van der Waals surface area contributed by atoms with E-state index in [0.717, 1.165) is 34.1 Å². The van der Waals surface area contributed by atoms with Gasteiger partial charge in [0.25, 0.3) is 5.91 Å². The minimum atomic E-state index is -0.396. The fraction of sp³-hybridized carbons (Fsp3) is 0.700. The van der Waals surface area contributed by atoms with E-state index in [2.05, 4.69) is 5.32 Å². The molecule has 4 aliphatic carbocycles. The van der Waals surface area contributed by atoms with Gasteiger partial charge in [0.15, 0.2) is 6.61 Å². The van der Waals surface area contributed by atoms with Crippen molar-refractivity contribution in [3.05, 3.63) is 21.4 Å². The van der Waals surface area contributed by atoms with Gasteiger partial charge in [0.2, 0.25) is 0 Å². The number of thiophene rings is 1. The van der Waals surface area contributed by atoms with E-state index in [1.165, 1.54) is 38.5 Å². The van der Waals surface area contributed by atoms with Crippen LogP contribution >= 0.6 is 11.3 Å². The van der Waals surface area contributed by atoms with Crippen molar-refractivity contribution < 1.29 is 14.3 Å². The Hall–Kier alpha value is -1.36. The van der Waals surface area contributed by atoms with Gasteiger partial charge in [-0.3, -0.25) is 4.79 Å². The molecule has 136 valence electrons. The van der Waals surface area contributed by atoms with E-state index in [1.54, 1.807) is 11.3 Å². The first kappa shape index (κ1) is 17.1. The summed E-state index contributed by atoms with van der Waals surface area (Å²) in [5.74, 6) is 2.07. The smallest absolute Gasteiger partial charge is 0.339 e. The summed E-state index contributed by atoms with van der Waals surface area (Å²) >= 11 is 1.57. The summed E-state index contributed by atoms with van der Waals surface area (Å²) in [7, 11) is 0. The number of hydrogen-bond acceptors (Lipinski definition) is 4. The van der Waals surface area contributed by atoms with E-state index in [1.807, 2.05) is 19.9 Å². The van der Waals surface area contributed by atoms with Gasteiger partial charge in [0, 0.05) is 16.3 Å². The molecular formula is C20H27NO3S. The molecule has 4 nitrogen and oxygen atoms in total. The Morgan fingerprint density at radius 2 is 1.76 bits per heavy atom. The van der Waals surface area contributed by atoms with Crippen molar-refractivity contribution in [3.63, 3.8) is 0 Å². The topological polar surface area (TPSA) is 55.4 Å². The molecule has 5 heteroatoms. The maximum atomic E-state index is 12.2. The van der Waals surface area contributed by atoms with Crippen LogP contribution in [-0.4, -0.2) is 25.0 Å². The summed E-state index contributed by atoms with van der Waals surface area (Å²) in [4.78, 5) is 26.3. The van der Waals surface area contributed by atoms with Crippen LogP contribution in [0, 0.1) is 37.0 Å². The highest BCUT2D eigenvalue weighted by molar-refractivity contribution is 7.12. The van der Waals surface area contributed by atoms with Crippen molar-refractivity contribution >= 4 is 23.2 Å². The Labute approximate surface area is 153 Å². The van der Waals surface area contributed by atoms with E-state index >= 15 is 0 Å². The molecule has 1 aromatic rings. The first-order valence-electron chi connectivity index (χ1n) is 9.43. The van der Waals surface area contributed by atoms with Crippen molar-refractivity contribution in [2.75, 3.05) is 13.2 Å². The normalized spacial score (nSPS) is 32.6. The van der Waals surface area contributed by atoms with Crippen LogP contribution in [0.5, 0.6) is 0 Å². The van der Waals surface area contributed by atoms with Gasteiger partial charge < -0.3 is 10.1 Å². The first-order chi connectivity index (χ1) is 11.9. The third-order valence-corrected chi connectivity index (χ3v) is 7.39. The molecule has 0 atom stereocenters. The Bertz CT molecular complexity index is 658. The van der Waals surface area contributed by atoms with Gasteiger partial charge in [0.05, 0.1) is 5.56 Å². The lowest BCUT2D eigenvalue weighted by molar-refractivity contribution is -0.126. The summed E-state index contributed by atoms with van der Waals surface area (Å²) in [5.41, 5.74) is 0.895. The fourth-order valence-electron chi connectivity index (χ4n) is 5.89. The Kier molecular flexibility index (Phi) is 4.38. The molecule has 0 unspecified atom stereocenters. The molecule has 0 spiro atoms. The number of aryl methyl sites for hydroxylation is 2. The molecular weight excluding hydrogens is 334 g/mol. The van der Waals surface area contributed by atoms with Gasteiger partial charge in [-0.05, 0) is 81.6 Å². The van der Waals surface area contributed by atoms with Crippen molar-refractivity contribution in [1.82, 2.24) is 5.32 Å². The lowest BCUT2D eigenvalue weighted by Crippen LogP contribution is -2.51. The molecule has 0 saturated heterocycles. The molecule has 4 bridgehead atoms. The van der Waals surface area contributed by atoms with Crippen molar-refractivity contribution in [2.24, 2.45) is 23.2 Å². The van der Waals surface area contributed by atoms with E-state index in [0.29, 0.717) is 11.0 Å². The van der Waals surface area contributed by atoms with Gasteiger partial charge in [-0.15, -0.1) is 11.3 Å². The van der Waals surface area contributed by atoms with Crippen LogP contribution in [0.1, 0.15) is 58.6 Å². The minimum Gasteiger partial charge on any atom is -0.452 e. The average Bonchev–Trinajstić information content (AvgIpc) is 2.88. The second-order valence-electron chi connectivity index (χ2n) is 8.60. The average molecular weight is 362 g/mol. The zero-order valence-electron chi connectivity index (χ0n) is 15.1. The molecule has 25 heavy (non-hydrogen) atoms. The molecule has 1 heterocycles. The Morgan fingerprint density at radius 1 is 1.16 bits per heavy atom. The predicted octanol–water partition coefficient (Wildman–Crippen LogP) is 3.85. The quantitative estimate of drug-likeness (QED) is 0.811. The summed E-state index contributed by atoms with van der Waals surface area (Å²) in [6, 6.07) is 1.83. The monoisotopic (exact) mass is 361 g/mol. The van der Waals surface area contributed by atoms with Gasteiger partial charge in [-0.2, -0.15) is 0 Å². The number of carbonyl (C=O) groups is 2. The first-order valence-corrected chi connectivity index (χ1v) is 10.2. The largest absolute Gasteiger partial charge is 0.452 e. The van der Waals surface area contributed by atoms with Crippen molar-refractivity contribution in [2.45, 2.75) is 52.4 Å². The highest BCUT2D eigenvalue weighted by atomic mass is 32.1. The van der Waals surface area contributed by atoms with Gasteiger partial charge in [0.1, 0.15) is 0 Å². The third kappa shape index (κ3) is 3.48. The van der Waals surface area contributed by atoms with Crippen LogP contribution in [-0.2, 0) is 9.53 Å². The zero-order chi connectivity index (χ0) is 17.6. The highest BCUT2D eigenvalue weighted by Gasteiger charge is 2.50. The Morgan fingerprint density at radius 3 is 2.28 bits per heavy atom. The third-order valence-electron chi connectivity index (χ3n) is 6.42. The lowest BCUT2D eigenvalue weighted by atomic mass is 9.49. The van der Waals surface area contributed by atoms with Crippen LogP contribution in [0.25, 0.3) is 0 Å². The fourth-order valence-corrected chi connectivity index (χ4v) is 6.80. The van der Waals surface area contributed by atoms with Gasteiger partial charge >= 0.3 is 5.97 Å². The number of nitrogens with one attached hydrogen (secondary N) is 1. The van der Waals surface area contributed by atoms with Crippen LogP contribution < -0.4 is 5.32 Å². The maximum absolute atomic E-state index is 12.2. The number of amides is 1. The highest BCUT2D eigenvalue weighted by Crippen LogP contribution is 2.59. The van der Waals surface area contributed by atoms with E-state index in [4.69, 9.17) is 4.74 Å². The van der Waals surface area contributed by atoms with E-state index < -0.39 is 5.97 Å². The summed E-state index contributed by atoms with van der Waals surface area (Å²) in [5, 5.41) is 3.05.